The van der Waals surface area contributed by atoms with Crippen molar-refractivity contribution in [1.82, 2.24) is 9.80 Å². The smallest absolute Gasteiger partial charge is 0.277 e. The average Bonchev–Trinajstić information content (AvgIpc) is 3.34. The van der Waals surface area contributed by atoms with Gasteiger partial charge in [0.2, 0.25) is 0 Å². The first-order valence-corrected chi connectivity index (χ1v) is 10.5. The molecular weight excluding hydrogens is 332 g/mol. The van der Waals surface area contributed by atoms with Crippen LogP contribution < -0.4 is 0 Å². The van der Waals surface area contributed by atoms with Crippen molar-refractivity contribution in [3.8, 4) is 0 Å². The lowest BCUT2D eigenvalue weighted by Gasteiger charge is -2.20. The van der Waals surface area contributed by atoms with Gasteiger partial charge in [0.25, 0.3) is 11.8 Å². The molecule has 0 aliphatic carbocycles. The lowest BCUT2D eigenvalue weighted by Crippen LogP contribution is -2.35. The van der Waals surface area contributed by atoms with Gasteiger partial charge in [-0.3, -0.25) is 14.5 Å². The molecule has 3 rings (SSSR count). The van der Waals surface area contributed by atoms with Crippen molar-refractivity contribution >= 4 is 28.7 Å². The minimum Gasteiger partial charge on any atom is -0.366 e. The van der Waals surface area contributed by atoms with Crippen LogP contribution in [0, 0.1) is 0 Å². The molecule has 2 aliphatic heterocycles. The number of carbonyl (C=O) groups excluding carboxylic acids is 2. The average molecular weight is 361 g/mol. The van der Waals surface area contributed by atoms with Gasteiger partial charge in [-0.2, -0.15) is 0 Å². The summed E-state index contributed by atoms with van der Waals surface area (Å²) < 4.78 is 0. The number of imide groups is 1. The summed E-state index contributed by atoms with van der Waals surface area (Å²) >= 11 is 1.54. The molecular formula is C20H28N2O2S. The first-order chi connectivity index (χ1) is 12.2. The number of thiophene rings is 1. The maximum atomic E-state index is 13.0. The highest BCUT2D eigenvalue weighted by Gasteiger charge is 2.42. The van der Waals surface area contributed by atoms with Crippen molar-refractivity contribution in [2.24, 2.45) is 0 Å². The first kappa shape index (κ1) is 18.2. The zero-order valence-corrected chi connectivity index (χ0v) is 15.9. The largest absolute Gasteiger partial charge is 0.366 e. The van der Waals surface area contributed by atoms with E-state index in [0.29, 0.717) is 17.8 Å². The lowest BCUT2D eigenvalue weighted by molar-refractivity contribution is -0.137. The van der Waals surface area contributed by atoms with Gasteiger partial charge in [-0.25, -0.2) is 0 Å². The van der Waals surface area contributed by atoms with E-state index in [1.54, 1.807) is 11.3 Å². The molecule has 0 bridgehead atoms. The topological polar surface area (TPSA) is 40.6 Å². The van der Waals surface area contributed by atoms with Crippen molar-refractivity contribution < 1.29 is 9.59 Å². The van der Waals surface area contributed by atoms with Gasteiger partial charge in [-0.05, 0) is 30.7 Å². The van der Waals surface area contributed by atoms with E-state index in [4.69, 9.17) is 0 Å². The monoisotopic (exact) mass is 360 g/mol. The third-order valence-electron chi connectivity index (χ3n) is 5.07. The van der Waals surface area contributed by atoms with Crippen molar-refractivity contribution in [2.45, 2.75) is 58.3 Å². The molecule has 25 heavy (non-hydrogen) atoms. The van der Waals surface area contributed by atoms with E-state index in [2.05, 4.69) is 11.8 Å². The van der Waals surface area contributed by atoms with Crippen LogP contribution in [0.1, 0.15) is 63.2 Å². The van der Waals surface area contributed by atoms with Crippen molar-refractivity contribution in [3.63, 3.8) is 0 Å². The first-order valence-electron chi connectivity index (χ1n) is 9.63. The lowest BCUT2D eigenvalue weighted by atomic mass is 10.1. The standard InChI is InChI=1S/C20H28N2O2S/c1-2-3-4-5-6-7-14-22-19(23)17(16-11-10-15-25-16)18(20(22)24)21-12-8-9-13-21/h10-11,15H,2-9,12-14H2,1H3. The van der Waals surface area contributed by atoms with Crippen LogP contribution in [-0.2, 0) is 9.59 Å². The van der Waals surface area contributed by atoms with Crippen LogP contribution in [0.15, 0.2) is 23.2 Å². The molecule has 2 aliphatic rings. The number of rotatable bonds is 9. The van der Waals surface area contributed by atoms with E-state index in [0.717, 1.165) is 43.6 Å². The molecule has 0 saturated carbocycles. The molecule has 0 unspecified atom stereocenters. The summed E-state index contributed by atoms with van der Waals surface area (Å²) in [5, 5.41) is 1.97. The molecule has 0 aromatic carbocycles. The minimum absolute atomic E-state index is 0.0798. The van der Waals surface area contributed by atoms with E-state index in [9.17, 15) is 9.59 Å². The molecule has 4 nitrogen and oxygen atoms in total. The summed E-state index contributed by atoms with van der Waals surface area (Å²) in [6, 6.07) is 3.90. The quantitative estimate of drug-likeness (QED) is 0.487. The predicted molar refractivity (Wildman–Crippen MR) is 102 cm³/mol. The highest BCUT2D eigenvalue weighted by atomic mass is 32.1. The molecule has 3 heterocycles. The van der Waals surface area contributed by atoms with Gasteiger partial charge in [-0.15, -0.1) is 11.3 Å². The van der Waals surface area contributed by atoms with Gasteiger partial charge in [-0.1, -0.05) is 45.1 Å². The second-order valence-electron chi connectivity index (χ2n) is 6.92. The Bertz CT molecular complexity index is 630. The number of hydrogen-bond acceptors (Lipinski definition) is 4. The van der Waals surface area contributed by atoms with E-state index < -0.39 is 0 Å². The van der Waals surface area contributed by atoms with Gasteiger partial charge < -0.3 is 4.90 Å². The fourth-order valence-corrected chi connectivity index (χ4v) is 4.46. The van der Waals surface area contributed by atoms with Crippen molar-refractivity contribution in [2.75, 3.05) is 19.6 Å². The van der Waals surface area contributed by atoms with E-state index in [1.165, 1.54) is 30.6 Å². The van der Waals surface area contributed by atoms with Crippen molar-refractivity contribution in [3.05, 3.63) is 28.1 Å². The van der Waals surface area contributed by atoms with Crippen LogP contribution in [0.2, 0.25) is 0 Å². The van der Waals surface area contributed by atoms with E-state index in [1.807, 2.05) is 17.5 Å². The Morgan fingerprint density at radius 2 is 1.72 bits per heavy atom. The summed E-state index contributed by atoms with van der Waals surface area (Å²) in [7, 11) is 0. The number of hydrogen-bond donors (Lipinski definition) is 0. The Hall–Kier alpha value is -1.62. The molecule has 2 amide bonds. The van der Waals surface area contributed by atoms with Gasteiger partial charge in [0.1, 0.15) is 5.70 Å². The molecule has 1 aromatic rings. The molecule has 0 spiro atoms. The van der Waals surface area contributed by atoms with Crippen LogP contribution in [0.3, 0.4) is 0 Å². The zero-order valence-electron chi connectivity index (χ0n) is 15.1. The predicted octanol–water partition coefficient (Wildman–Crippen LogP) is 4.28. The third-order valence-corrected chi connectivity index (χ3v) is 5.96. The van der Waals surface area contributed by atoms with Crippen LogP contribution in [-0.4, -0.2) is 41.2 Å². The van der Waals surface area contributed by atoms with Crippen LogP contribution in [0.4, 0.5) is 0 Å². The summed E-state index contributed by atoms with van der Waals surface area (Å²) in [6.07, 6.45) is 9.13. The highest BCUT2D eigenvalue weighted by Crippen LogP contribution is 2.35. The van der Waals surface area contributed by atoms with Gasteiger partial charge in [0, 0.05) is 24.5 Å². The summed E-state index contributed by atoms with van der Waals surface area (Å²) in [6.45, 7) is 4.53. The molecule has 1 aromatic heterocycles. The molecule has 1 saturated heterocycles. The number of nitrogens with zero attached hydrogens (tertiary/aromatic N) is 2. The zero-order chi connectivity index (χ0) is 17.6. The summed E-state index contributed by atoms with van der Waals surface area (Å²) in [5.74, 6) is -0.174. The Morgan fingerprint density at radius 1 is 1.00 bits per heavy atom. The van der Waals surface area contributed by atoms with Crippen LogP contribution in [0.5, 0.6) is 0 Å². The summed E-state index contributed by atoms with van der Waals surface area (Å²) in [4.78, 5) is 30.5. The van der Waals surface area contributed by atoms with Crippen LogP contribution in [0.25, 0.3) is 5.57 Å². The van der Waals surface area contributed by atoms with Gasteiger partial charge >= 0.3 is 0 Å². The second kappa shape index (κ2) is 8.65. The number of amides is 2. The Morgan fingerprint density at radius 3 is 2.40 bits per heavy atom. The maximum absolute atomic E-state index is 13.0. The second-order valence-corrected chi connectivity index (χ2v) is 7.87. The van der Waals surface area contributed by atoms with Crippen LogP contribution >= 0.6 is 11.3 Å². The SMILES string of the molecule is CCCCCCCCN1C(=O)C(c2cccs2)=C(N2CCCC2)C1=O. The molecule has 1 fully saturated rings. The number of likely N-dealkylation sites (tertiary alicyclic amines) is 1. The van der Waals surface area contributed by atoms with Crippen molar-refractivity contribution in [1.29, 1.82) is 0 Å². The van der Waals surface area contributed by atoms with E-state index >= 15 is 0 Å². The highest BCUT2D eigenvalue weighted by molar-refractivity contribution is 7.11. The maximum Gasteiger partial charge on any atom is 0.277 e. The molecule has 136 valence electrons. The molecule has 0 atom stereocenters. The normalized spacial score (nSPS) is 18.1. The Labute approximate surface area is 154 Å². The Kier molecular flexibility index (Phi) is 6.29. The number of carbonyl (C=O) groups is 2. The van der Waals surface area contributed by atoms with E-state index in [-0.39, 0.29) is 11.8 Å². The fourth-order valence-electron chi connectivity index (χ4n) is 3.69. The molecule has 0 N–H and O–H groups in total. The molecule has 0 radical (unpaired) electrons. The van der Waals surface area contributed by atoms with Gasteiger partial charge in [0.05, 0.1) is 5.57 Å². The van der Waals surface area contributed by atoms with Gasteiger partial charge in [0.15, 0.2) is 0 Å². The Balaban J connectivity index is 1.70. The third kappa shape index (κ3) is 3.97. The minimum atomic E-state index is -0.0945. The summed E-state index contributed by atoms with van der Waals surface area (Å²) in [5.41, 5.74) is 1.28. The molecule has 5 heteroatoms. The number of unbranched alkanes of at least 4 members (excludes halogenated alkanes) is 5. The fraction of sp³-hybridized carbons (Fsp3) is 0.600.